The number of ether oxygens (including phenoxy) is 1. The standard InChI is InChI=1S/C33H62O7Si6/c1-41(2,3)35-25-21-27-26(28(22-25)36-42(4,5)6)23-31(39-45(13,14)15)32(34-27)24-19-29(37-43(7,8)9)33(40-46(16,17)18)30(20-24)38-44(10,11)12/h19-22,31-32H,23H2,1-18H3. The second kappa shape index (κ2) is 13.4. The van der Waals surface area contributed by atoms with E-state index in [1.54, 1.807) is 0 Å². The van der Waals surface area contributed by atoms with Gasteiger partial charge in [0.1, 0.15) is 34.9 Å². The van der Waals surface area contributed by atoms with Gasteiger partial charge in [-0.3, -0.25) is 0 Å². The van der Waals surface area contributed by atoms with Gasteiger partial charge in [0.05, 0.1) is 6.10 Å². The fraction of sp³-hybridized carbons (Fsp3) is 0.636. The van der Waals surface area contributed by atoms with Crippen molar-refractivity contribution in [2.75, 3.05) is 0 Å². The van der Waals surface area contributed by atoms with Crippen LogP contribution in [0.4, 0.5) is 0 Å². The van der Waals surface area contributed by atoms with E-state index in [0.717, 1.165) is 39.9 Å². The van der Waals surface area contributed by atoms with E-state index in [-0.39, 0.29) is 6.10 Å². The Morgan fingerprint density at radius 1 is 0.500 bits per heavy atom. The maximum Gasteiger partial charge on any atom is 0.242 e. The molecule has 2 unspecified atom stereocenters. The first-order valence-electron chi connectivity index (χ1n) is 16.6. The number of rotatable bonds is 13. The van der Waals surface area contributed by atoms with Crippen molar-refractivity contribution in [2.24, 2.45) is 0 Å². The molecule has 0 saturated carbocycles. The Kier molecular flexibility index (Phi) is 11.4. The third kappa shape index (κ3) is 12.5. The zero-order valence-corrected chi connectivity index (χ0v) is 38.0. The van der Waals surface area contributed by atoms with Crippen LogP contribution in [-0.4, -0.2) is 56.0 Å². The number of benzene rings is 2. The highest BCUT2D eigenvalue weighted by atomic mass is 28.4. The molecule has 0 amide bonds. The van der Waals surface area contributed by atoms with Crippen molar-refractivity contribution in [1.29, 1.82) is 0 Å². The number of hydrogen-bond donors (Lipinski definition) is 0. The van der Waals surface area contributed by atoms with E-state index >= 15 is 0 Å². The molecule has 7 nitrogen and oxygen atoms in total. The van der Waals surface area contributed by atoms with E-state index in [1.165, 1.54) is 0 Å². The molecule has 2 aromatic carbocycles. The van der Waals surface area contributed by atoms with E-state index in [9.17, 15) is 0 Å². The summed E-state index contributed by atoms with van der Waals surface area (Å²) >= 11 is 0. The van der Waals surface area contributed by atoms with Crippen LogP contribution >= 0.6 is 0 Å². The highest BCUT2D eigenvalue weighted by Gasteiger charge is 2.40. The van der Waals surface area contributed by atoms with Gasteiger partial charge in [0, 0.05) is 29.7 Å². The van der Waals surface area contributed by atoms with Gasteiger partial charge in [0.2, 0.25) is 41.6 Å². The summed E-state index contributed by atoms with van der Waals surface area (Å²) in [5.74, 6) is 4.59. The molecule has 13 heteroatoms. The Hall–Kier alpha value is -1.50. The lowest BCUT2D eigenvalue weighted by atomic mass is 9.93. The maximum atomic E-state index is 7.05. The van der Waals surface area contributed by atoms with Gasteiger partial charge >= 0.3 is 0 Å². The summed E-state index contributed by atoms with van der Waals surface area (Å²) in [4.78, 5) is 0. The van der Waals surface area contributed by atoms with Crippen LogP contribution in [0.3, 0.4) is 0 Å². The topological polar surface area (TPSA) is 64.6 Å². The fourth-order valence-corrected chi connectivity index (χ4v) is 10.3. The average molecular weight is 739 g/mol. The van der Waals surface area contributed by atoms with Crippen molar-refractivity contribution in [1.82, 2.24) is 0 Å². The molecule has 3 rings (SSSR count). The molecule has 1 aliphatic heterocycles. The molecular weight excluding hydrogens is 677 g/mol. The summed E-state index contributed by atoms with van der Waals surface area (Å²) in [7, 11) is -11.9. The molecule has 1 heterocycles. The van der Waals surface area contributed by atoms with Crippen LogP contribution in [0.25, 0.3) is 0 Å². The normalized spacial score (nSPS) is 18.0. The molecular formula is C33H62O7Si6. The highest BCUT2D eigenvalue weighted by molar-refractivity contribution is 6.72. The van der Waals surface area contributed by atoms with Crippen LogP contribution in [0.1, 0.15) is 17.2 Å². The summed E-state index contributed by atoms with van der Waals surface area (Å²) in [6.07, 6.45) is 0.0453. The lowest BCUT2D eigenvalue weighted by Crippen LogP contribution is -2.41. The average Bonchev–Trinajstić information content (AvgIpc) is 2.75. The minimum Gasteiger partial charge on any atom is -0.544 e. The monoisotopic (exact) mass is 738 g/mol. The molecule has 0 bridgehead atoms. The Bertz CT molecular complexity index is 1340. The summed E-state index contributed by atoms with van der Waals surface area (Å²) in [5.41, 5.74) is 2.00. The summed E-state index contributed by atoms with van der Waals surface area (Å²) < 4.78 is 47.5. The van der Waals surface area contributed by atoms with E-state index in [2.05, 4.69) is 136 Å². The van der Waals surface area contributed by atoms with Crippen molar-refractivity contribution in [3.05, 3.63) is 35.4 Å². The van der Waals surface area contributed by atoms with Crippen molar-refractivity contribution >= 4 is 49.9 Å². The Morgan fingerprint density at radius 2 is 0.935 bits per heavy atom. The number of fused-ring (bicyclic) bond motifs is 1. The van der Waals surface area contributed by atoms with Crippen LogP contribution in [0.15, 0.2) is 24.3 Å². The van der Waals surface area contributed by atoms with Crippen LogP contribution in [0.5, 0.6) is 34.5 Å². The minimum atomic E-state index is -2.03. The molecule has 0 aromatic heterocycles. The molecule has 0 N–H and O–H groups in total. The Labute approximate surface area is 286 Å². The molecule has 2 atom stereocenters. The largest absolute Gasteiger partial charge is 0.544 e. The maximum absolute atomic E-state index is 7.05. The molecule has 2 aromatic rings. The van der Waals surface area contributed by atoms with Crippen molar-refractivity contribution in [3.8, 4) is 34.5 Å². The van der Waals surface area contributed by atoms with Gasteiger partial charge in [-0.2, -0.15) is 0 Å². The molecule has 260 valence electrons. The van der Waals surface area contributed by atoms with Crippen LogP contribution in [0, 0.1) is 0 Å². The fourth-order valence-electron chi connectivity index (χ4n) is 5.08. The molecule has 0 saturated heterocycles. The van der Waals surface area contributed by atoms with Gasteiger partial charge in [-0.25, -0.2) is 0 Å². The number of hydrogen-bond acceptors (Lipinski definition) is 7. The van der Waals surface area contributed by atoms with Crippen molar-refractivity contribution in [2.45, 2.75) is 136 Å². The van der Waals surface area contributed by atoms with Crippen LogP contribution < -0.4 is 26.9 Å². The first kappa shape index (κ1) is 38.9. The summed E-state index contributed by atoms with van der Waals surface area (Å²) in [5, 5.41) is 0. The summed E-state index contributed by atoms with van der Waals surface area (Å²) in [6, 6.07) is 8.34. The smallest absolute Gasteiger partial charge is 0.242 e. The lowest BCUT2D eigenvalue weighted by Gasteiger charge is -2.39. The second-order valence-corrected chi connectivity index (χ2v) is 44.9. The SMILES string of the molecule is C[Si](C)(C)Oc1cc2c(c(O[Si](C)(C)C)c1)CC(O[Si](C)(C)C)C(c1cc(O[Si](C)(C)C)c(O[Si](C)(C)C)c(O[Si](C)(C)C)c1)O2. The van der Waals surface area contributed by atoms with Gasteiger partial charge < -0.3 is 31.3 Å². The zero-order chi connectivity index (χ0) is 35.3. The molecule has 0 spiro atoms. The van der Waals surface area contributed by atoms with Gasteiger partial charge in [0.25, 0.3) is 0 Å². The molecule has 0 fully saturated rings. The van der Waals surface area contributed by atoms with Gasteiger partial charge in [-0.05, 0) is 130 Å². The van der Waals surface area contributed by atoms with Gasteiger partial charge in [0.15, 0.2) is 14.1 Å². The van der Waals surface area contributed by atoms with E-state index in [1.807, 2.05) is 6.07 Å². The molecule has 0 aliphatic carbocycles. The quantitative estimate of drug-likeness (QED) is 0.190. The second-order valence-electron chi connectivity index (χ2n) is 18.3. The Morgan fingerprint density at radius 3 is 1.35 bits per heavy atom. The van der Waals surface area contributed by atoms with Gasteiger partial charge in [-0.1, -0.05) is 0 Å². The highest BCUT2D eigenvalue weighted by Crippen LogP contribution is 2.49. The van der Waals surface area contributed by atoms with Crippen molar-refractivity contribution < 1.29 is 31.3 Å². The third-order valence-corrected chi connectivity index (χ3v) is 11.3. The van der Waals surface area contributed by atoms with Crippen LogP contribution in [-0.2, 0) is 10.8 Å². The molecule has 1 aliphatic rings. The van der Waals surface area contributed by atoms with E-state index in [4.69, 9.17) is 31.3 Å². The first-order valence-corrected chi connectivity index (χ1v) is 37.1. The van der Waals surface area contributed by atoms with Crippen molar-refractivity contribution in [3.63, 3.8) is 0 Å². The molecule has 46 heavy (non-hydrogen) atoms. The van der Waals surface area contributed by atoms with Gasteiger partial charge in [-0.15, -0.1) is 0 Å². The van der Waals surface area contributed by atoms with Crippen LogP contribution in [0.2, 0.25) is 118 Å². The first-order chi connectivity index (χ1) is 20.5. The summed E-state index contributed by atoms with van der Waals surface area (Å²) in [6.45, 7) is 39.6. The van der Waals surface area contributed by atoms with E-state index < -0.39 is 56.0 Å². The predicted octanol–water partition coefficient (Wildman–Crippen LogP) is 10.7. The minimum absolute atomic E-state index is 0.227. The van der Waals surface area contributed by atoms with E-state index in [0.29, 0.717) is 12.2 Å². The lowest BCUT2D eigenvalue weighted by molar-refractivity contribution is 0.0320. The molecule has 0 radical (unpaired) electrons. The third-order valence-electron chi connectivity index (χ3n) is 6.10. The Balaban J connectivity index is 2.31. The zero-order valence-electron chi connectivity index (χ0n) is 32.0. The predicted molar refractivity (Wildman–Crippen MR) is 208 cm³/mol.